The summed E-state index contributed by atoms with van der Waals surface area (Å²) in [5, 5.41) is 3.21. The lowest BCUT2D eigenvalue weighted by Gasteiger charge is -2.08. The van der Waals surface area contributed by atoms with Gasteiger partial charge in [-0.3, -0.25) is 0 Å². The molecule has 19 heavy (non-hydrogen) atoms. The molecule has 0 radical (unpaired) electrons. The van der Waals surface area contributed by atoms with Gasteiger partial charge in [0.15, 0.2) is 0 Å². The fourth-order valence-corrected chi connectivity index (χ4v) is 1.69. The predicted molar refractivity (Wildman–Crippen MR) is 74.1 cm³/mol. The first-order valence-electron chi connectivity index (χ1n) is 5.95. The highest BCUT2D eigenvalue weighted by molar-refractivity contribution is 6.30. The Bertz CT molecular complexity index is 563. The van der Waals surface area contributed by atoms with Crippen LogP contribution in [0.15, 0.2) is 36.5 Å². The SMILES string of the molecule is CCNc1cc(COc2ccc(Cl)c(F)c2)ccn1. The Balaban J connectivity index is 2.01. The maximum absolute atomic E-state index is 13.2. The number of hydrogen-bond acceptors (Lipinski definition) is 3. The monoisotopic (exact) mass is 280 g/mol. The Hall–Kier alpha value is -1.81. The highest BCUT2D eigenvalue weighted by Gasteiger charge is 2.03. The van der Waals surface area contributed by atoms with Crippen molar-refractivity contribution >= 4 is 17.4 Å². The van der Waals surface area contributed by atoms with Crippen LogP contribution in [0.3, 0.4) is 0 Å². The molecule has 2 aromatic rings. The topological polar surface area (TPSA) is 34.1 Å². The van der Waals surface area contributed by atoms with Gasteiger partial charge in [0.2, 0.25) is 0 Å². The number of hydrogen-bond donors (Lipinski definition) is 1. The maximum atomic E-state index is 13.2. The zero-order valence-corrected chi connectivity index (χ0v) is 11.2. The first-order chi connectivity index (χ1) is 9.19. The molecule has 0 amide bonds. The molecule has 0 saturated carbocycles. The number of nitrogens with one attached hydrogen (secondary N) is 1. The molecule has 3 nitrogen and oxygen atoms in total. The van der Waals surface area contributed by atoms with E-state index in [9.17, 15) is 4.39 Å². The van der Waals surface area contributed by atoms with Gasteiger partial charge in [-0.15, -0.1) is 0 Å². The number of aromatic nitrogens is 1. The number of halogens is 2. The second-order valence-electron chi connectivity index (χ2n) is 3.94. The molecule has 0 aliphatic rings. The van der Waals surface area contributed by atoms with Gasteiger partial charge in [-0.05, 0) is 36.8 Å². The van der Waals surface area contributed by atoms with Crippen molar-refractivity contribution < 1.29 is 9.13 Å². The molecule has 5 heteroatoms. The minimum Gasteiger partial charge on any atom is -0.489 e. The standard InChI is InChI=1S/C14H14ClFN2O/c1-2-17-14-7-10(5-6-18-14)9-19-11-3-4-12(15)13(16)8-11/h3-8H,2,9H2,1H3,(H,17,18). The average molecular weight is 281 g/mol. The molecule has 1 aromatic heterocycles. The first-order valence-corrected chi connectivity index (χ1v) is 6.33. The molecule has 0 spiro atoms. The molecule has 100 valence electrons. The van der Waals surface area contributed by atoms with E-state index in [0.29, 0.717) is 12.4 Å². The molecule has 1 heterocycles. The largest absolute Gasteiger partial charge is 0.489 e. The smallest absolute Gasteiger partial charge is 0.145 e. The van der Waals surface area contributed by atoms with Crippen molar-refractivity contribution in [3.8, 4) is 5.75 Å². The predicted octanol–water partition coefficient (Wildman–Crippen LogP) is 3.88. The summed E-state index contributed by atoms with van der Waals surface area (Å²) in [6.07, 6.45) is 1.71. The number of anilines is 1. The lowest BCUT2D eigenvalue weighted by atomic mass is 10.2. The number of ether oxygens (including phenoxy) is 1. The Kier molecular flexibility index (Phi) is 4.58. The fourth-order valence-electron chi connectivity index (χ4n) is 1.58. The molecule has 0 aliphatic carbocycles. The molecule has 0 saturated heterocycles. The third kappa shape index (κ3) is 3.83. The molecule has 0 aliphatic heterocycles. The van der Waals surface area contributed by atoms with Crippen molar-refractivity contribution in [3.05, 3.63) is 52.9 Å². The van der Waals surface area contributed by atoms with E-state index in [2.05, 4.69) is 10.3 Å². The lowest BCUT2D eigenvalue weighted by molar-refractivity contribution is 0.304. The summed E-state index contributed by atoms with van der Waals surface area (Å²) in [5.74, 6) is 0.761. The van der Waals surface area contributed by atoms with E-state index in [0.717, 1.165) is 17.9 Å². The third-order valence-corrected chi connectivity index (χ3v) is 2.79. The number of rotatable bonds is 5. The molecule has 1 N–H and O–H groups in total. The molecule has 0 atom stereocenters. The molecule has 0 unspecified atom stereocenters. The second-order valence-corrected chi connectivity index (χ2v) is 4.35. The fraction of sp³-hybridized carbons (Fsp3) is 0.214. The van der Waals surface area contributed by atoms with Crippen molar-refractivity contribution in [1.29, 1.82) is 0 Å². The number of benzene rings is 1. The highest BCUT2D eigenvalue weighted by Crippen LogP contribution is 2.21. The summed E-state index contributed by atoms with van der Waals surface area (Å²) in [4.78, 5) is 4.17. The van der Waals surface area contributed by atoms with Crippen LogP contribution in [0, 0.1) is 5.82 Å². The van der Waals surface area contributed by atoms with Crippen LogP contribution in [0.5, 0.6) is 5.75 Å². The van der Waals surface area contributed by atoms with Gasteiger partial charge >= 0.3 is 0 Å². The normalized spacial score (nSPS) is 10.3. The van der Waals surface area contributed by atoms with E-state index in [1.165, 1.54) is 12.1 Å². The van der Waals surface area contributed by atoms with Gasteiger partial charge in [-0.25, -0.2) is 9.37 Å². The van der Waals surface area contributed by atoms with Crippen molar-refractivity contribution in [2.24, 2.45) is 0 Å². The van der Waals surface area contributed by atoms with Crippen LogP contribution in [0.4, 0.5) is 10.2 Å². The molecule has 0 bridgehead atoms. The zero-order valence-electron chi connectivity index (χ0n) is 10.5. The van der Waals surface area contributed by atoms with Crippen LogP contribution in [-0.2, 0) is 6.61 Å². The second kappa shape index (κ2) is 6.38. The zero-order chi connectivity index (χ0) is 13.7. The lowest BCUT2D eigenvalue weighted by Crippen LogP contribution is -2.01. The van der Waals surface area contributed by atoms with Crippen LogP contribution < -0.4 is 10.1 Å². The first kappa shape index (κ1) is 13.6. The summed E-state index contributed by atoms with van der Waals surface area (Å²) in [6, 6.07) is 8.14. The highest BCUT2D eigenvalue weighted by atomic mass is 35.5. The summed E-state index contributed by atoms with van der Waals surface area (Å²) >= 11 is 5.61. The summed E-state index contributed by atoms with van der Waals surface area (Å²) < 4.78 is 18.7. The number of pyridine rings is 1. The van der Waals surface area contributed by atoms with E-state index < -0.39 is 5.82 Å². The Labute approximate surface area is 116 Å². The quantitative estimate of drug-likeness (QED) is 0.902. The van der Waals surface area contributed by atoms with E-state index in [4.69, 9.17) is 16.3 Å². The van der Waals surface area contributed by atoms with Gasteiger partial charge in [0.1, 0.15) is 24.0 Å². The summed E-state index contributed by atoms with van der Waals surface area (Å²) in [5.41, 5.74) is 0.960. The van der Waals surface area contributed by atoms with Crippen molar-refractivity contribution in [2.45, 2.75) is 13.5 Å². The maximum Gasteiger partial charge on any atom is 0.145 e. The summed E-state index contributed by atoms with van der Waals surface area (Å²) in [7, 11) is 0. The molecular formula is C14H14ClFN2O. The van der Waals surface area contributed by atoms with Crippen LogP contribution >= 0.6 is 11.6 Å². The van der Waals surface area contributed by atoms with Crippen molar-refractivity contribution in [3.63, 3.8) is 0 Å². The van der Waals surface area contributed by atoms with Crippen LogP contribution in [-0.4, -0.2) is 11.5 Å². The molecular weight excluding hydrogens is 267 g/mol. The molecule has 1 aromatic carbocycles. The minimum absolute atomic E-state index is 0.0886. The van der Waals surface area contributed by atoms with Crippen LogP contribution in [0.1, 0.15) is 12.5 Å². The van der Waals surface area contributed by atoms with Gasteiger partial charge < -0.3 is 10.1 Å². The van der Waals surface area contributed by atoms with Gasteiger partial charge in [0.25, 0.3) is 0 Å². The van der Waals surface area contributed by atoms with Gasteiger partial charge in [-0.2, -0.15) is 0 Å². The number of nitrogens with zero attached hydrogens (tertiary/aromatic N) is 1. The van der Waals surface area contributed by atoms with E-state index >= 15 is 0 Å². The van der Waals surface area contributed by atoms with Gasteiger partial charge in [-0.1, -0.05) is 11.6 Å². The van der Waals surface area contributed by atoms with Crippen molar-refractivity contribution in [2.75, 3.05) is 11.9 Å². The Morgan fingerprint density at radius 3 is 2.89 bits per heavy atom. The Morgan fingerprint density at radius 1 is 1.32 bits per heavy atom. The van der Waals surface area contributed by atoms with Crippen molar-refractivity contribution in [1.82, 2.24) is 4.98 Å². The van der Waals surface area contributed by atoms with Crippen LogP contribution in [0.2, 0.25) is 5.02 Å². The minimum atomic E-state index is -0.484. The molecule has 0 fully saturated rings. The molecule has 2 rings (SSSR count). The van der Waals surface area contributed by atoms with Gasteiger partial charge in [0.05, 0.1) is 5.02 Å². The van der Waals surface area contributed by atoms with Crippen LogP contribution in [0.25, 0.3) is 0 Å². The van der Waals surface area contributed by atoms with E-state index in [-0.39, 0.29) is 5.02 Å². The van der Waals surface area contributed by atoms with E-state index in [1.54, 1.807) is 12.3 Å². The average Bonchev–Trinajstić information content (AvgIpc) is 2.41. The Morgan fingerprint density at radius 2 is 2.16 bits per heavy atom. The van der Waals surface area contributed by atoms with Gasteiger partial charge in [0, 0.05) is 18.8 Å². The third-order valence-electron chi connectivity index (χ3n) is 2.48. The van der Waals surface area contributed by atoms with E-state index in [1.807, 2.05) is 19.1 Å². The summed E-state index contributed by atoms with van der Waals surface area (Å²) in [6.45, 7) is 3.16.